The number of pyridine rings is 1. The number of Topliss-reactive ketones (excluding diaryl/α,β-unsaturated/α-hetero) is 2. The molecule has 7 nitrogen and oxygen atoms in total. The molecule has 221 valence electrons. The highest BCUT2D eigenvalue weighted by Crippen LogP contribution is 2.26. The van der Waals surface area contributed by atoms with Gasteiger partial charge < -0.3 is 9.64 Å². The van der Waals surface area contributed by atoms with Gasteiger partial charge in [0.15, 0.2) is 5.82 Å². The van der Waals surface area contributed by atoms with Gasteiger partial charge in [-0.25, -0.2) is 9.67 Å². The van der Waals surface area contributed by atoms with Crippen LogP contribution >= 0.6 is 0 Å². The standard InChI is InChI=1S/C26H28BN4O2.C8H16O/c1-3-4-8-24(32)20-16-22-26(27-20)23(30-11-13-33-14-12-30)17-25(28-22)31-10-9-21(29-31)19-7-5-6-18(2)15-19;1-4-5-6-8(9)7(2)3/h5-7,9-10,15-17H,3-4,8,11-14H2,1-2H3;7H,4-6H2,1-3H3. The van der Waals surface area contributed by atoms with Crippen molar-refractivity contribution in [2.45, 2.75) is 73.1 Å². The number of carbonyl (C=O) groups is 2. The van der Waals surface area contributed by atoms with Crippen molar-refractivity contribution in [1.29, 1.82) is 0 Å². The van der Waals surface area contributed by atoms with Crippen LogP contribution in [0, 0.1) is 12.8 Å². The number of unbranched alkanes of at least 4 members (excludes halogenated alkanes) is 2. The van der Waals surface area contributed by atoms with E-state index in [0.29, 0.717) is 25.4 Å². The molecule has 1 fully saturated rings. The van der Waals surface area contributed by atoms with E-state index in [1.807, 2.05) is 50.2 Å². The van der Waals surface area contributed by atoms with Gasteiger partial charge in [0.2, 0.25) is 7.28 Å². The van der Waals surface area contributed by atoms with E-state index in [1.54, 1.807) is 0 Å². The van der Waals surface area contributed by atoms with Crippen molar-refractivity contribution in [3.63, 3.8) is 0 Å². The largest absolute Gasteiger partial charge is 0.378 e. The van der Waals surface area contributed by atoms with E-state index in [1.165, 1.54) is 5.56 Å². The lowest BCUT2D eigenvalue weighted by Crippen LogP contribution is -2.40. The first-order valence-corrected chi connectivity index (χ1v) is 15.4. The molecule has 0 aliphatic carbocycles. The Kier molecular flexibility index (Phi) is 11.3. The number of fused-ring (bicyclic) bond motifs is 1. The zero-order chi connectivity index (χ0) is 30.1. The zero-order valence-corrected chi connectivity index (χ0v) is 25.9. The van der Waals surface area contributed by atoms with Crippen molar-refractivity contribution in [1.82, 2.24) is 14.8 Å². The zero-order valence-electron chi connectivity index (χ0n) is 25.9. The molecule has 1 aromatic carbocycles. The molecular weight excluding hydrogens is 523 g/mol. The molecule has 0 bridgehead atoms. The van der Waals surface area contributed by atoms with Gasteiger partial charge in [0.25, 0.3) is 0 Å². The van der Waals surface area contributed by atoms with E-state index in [4.69, 9.17) is 14.8 Å². The summed E-state index contributed by atoms with van der Waals surface area (Å²) in [5.41, 5.74) is 6.88. The normalized spacial score (nSPS) is 14.1. The molecule has 0 unspecified atom stereocenters. The van der Waals surface area contributed by atoms with Crippen molar-refractivity contribution >= 4 is 36.1 Å². The fraction of sp³-hybridized carbons (Fsp3) is 0.471. The monoisotopic (exact) mass is 567 g/mol. The van der Waals surface area contributed by atoms with Crippen LogP contribution in [0.5, 0.6) is 0 Å². The third-order valence-electron chi connectivity index (χ3n) is 7.63. The maximum absolute atomic E-state index is 12.7. The summed E-state index contributed by atoms with van der Waals surface area (Å²) >= 11 is 0. The van der Waals surface area contributed by atoms with Gasteiger partial charge in [-0.1, -0.05) is 64.3 Å². The predicted octanol–water partition coefficient (Wildman–Crippen LogP) is 5.92. The smallest absolute Gasteiger partial charge is 0.202 e. The van der Waals surface area contributed by atoms with Crippen molar-refractivity contribution in [2.24, 2.45) is 5.92 Å². The van der Waals surface area contributed by atoms with E-state index in [9.17, 15) is 9.59 Å². The number of ether oxygens (including phenoxy) is 1. The molecule has 0 N–H and O–H groups in total. The van der Waals surface area contributed by atoms with Crippen LogP contribution in [0.1, 0.15) is 77.5 Å². The van der Waals surface area contributed by atoms with Gasteiger partial charge in [0, 0.05) is 55.4 Å². The molecule has 42 heavy (non-hydrogen) atoms. The lowest BCUT2D eigenvalue weighted by atomic mass is 9.64. The lowest BCUT2D eigenvalue weighted by Gasteiger charge is -2.31. The summed E-state index contributed by atoms with van der Waals surface area (Å²) in [7, 11) is 2.01. The minimum absolute atomic E-state index is 0.185. The molecule has 8 heteroatoms. The number of benzene rings is 1. The average molecular weight is 568 g/mol. The van der Waals surface area contributed by atoms with Crippen LogP contribution in [-0.2, 0) is 14.3 Å². The third kappa shape index (κ3) is 8.06. The molecule has 0 saturated carbocycles. The second-order valence-corrected chi connectivity index (χ2v) is 11.4. The number of rotatable bonds is 11. The van der Waals surface area contributed by atoms with Gasteiger partial charge >= 0.3 is 0 Å². The van der Waals surface area contributed by atoms with Gasteiger partial charge in [-0.3, -0.25) is 9.59 Å². The van der Waals surface area contributed by atoms with Crippen LogP contribution < -0.4 is 10.4 Å². The number of anilines is 1. The molecule has 5 rings (SSSR count). The van der Waals surface area contributed by atoms with Crippen molar-refractivity contribution in [2.75, 3.05) is 31.2 Å². The van der Waals surface area contributed by atoms with Crippen LogP contribution in [0.4, 0.5) is 5.69 Å². The summed E-state index contributed by atoms with van der Waals surface area (Å²) in [5.74, 6) is 1.57. The first kappa shape index (κ1) is 31.4. The number of hydrogen-bond acceptors (Lipinski definition) is 6. The summed E-state index contributed by atoms with van der Waals surface area (Å²) in [6, 6.07) is 12.4. The fourth-order valence-electron chi connectivity index (χ4n) is 5.03. The number of carbonyl (C=O) groups excluding carboxylic acids is 2. The highest BCUT2D eigenvalue weighted by atomic mass is 16.5. The fourth-order valence-corrected chi connectivity index (χ4v) is 5.03. The summed E-state index contributed by atoms with van der Waals surface area (Å²) in [6.07, 6.45) is 9.33. The Hall–Kier alpha value is -3.52. The van der Waals surface area contributed by atoms with Crippen LogP contribution in [0.2, 0.25) is 0 Å². The van der Waals surface area contributed by atoms with Crippen LogP contribution in [-0.4, -0.2) is 59.9 Å². The van der Waals surface area contributed by atoms with E-state index >= 15 is 0 Å². The van der Waals surface area contributed by atoms with Gasteiger partial charge in [0.1, 0.15) is 11.6 Å². The van der Waals surface area contributed by atoms with Crippen molar-refractivity contribution in [3.8, 4) is 17.1 Å². The van der Waals surface area contributed by atoms with Gasteiger partial charge in [-0.05, 0) is 48.9 Å². The highest BCUT2D eigenvalue weighted by molar-refractivity contribution is 6.72. The summed E-state index contributed by atoms with van der Waals surface area (Å²) in [6.45, 7) is 13.2. The van der Waals surface area contributed by atoms with E-state index in [0.717, 1.165) is 84.6 Å². The summed E-state index contributed by atoms with van der Waals surface area (Å²) < 4.78 is 7.39. The number of hydrogen-bond donors (Lipinski definition) is 0. The second kappa shape index (κ2) is 15.1. The molecule has 2 aliphatic heterocycles. The van der Waals surface area contributed by atoms with Crippen LogP contribution in [0.15, 0.2) is 48.1 Å². The van der Waals surface area contributed by atoms with Crippen molar-refractivity contribution in [3.05, 3.63) is 59.3 Å². The van der Waals surface area contributed by atoms with Gasteiger partial charge in [-0.15, -0.1) is 0 Å². The Labute approximate surface area is 251 Å². The highest BCUT2D eigenvalue weighted by Gasteiger charge is 2.27. The third-order valence-corrected chi connectivity index (χ3v) is 7.63. The predicted molar refractivity (Wildman–Crippen MR) is 172 cm³/mol. The van der Waals surface area contributed by atoms with Crippen LogP contribution in [0.25, 0.3) is 23.2 Å². The summed E-state index contributed by atoms with van der Waals surface area (Å²) in [5, 5.41) is 4.81. The number of aromatic nitrogens is 3. The molecule has 0 spiro atoms. The molecule has 1 radical (unpaired) electrons. The molecule has 1 saturated heterocycles. The minimum Gasteiger partial charge on any atom is -0.378 e. The topological polar surface area (TPSA) is 77.3 Å². The number of aryl methyl sites for hydroxylation is 1. The number of nitrogens with zero attached hydrogens (tertiary/aromatic N) is 4. The summed E-state index contributed by atoms with van der Waals surface area (Å²) in [4.78, 5) is 30.8. The molecule has 4 heterocycles. The SMILES string of the molecule is CCCCC(=O)C(C)C.CCCCC(=O)C1=Cc2nc(-n3ccc(-c4cccc(C)c4)n3)cc(N3CCOCC3)c2[B]1. The average Bonchev–Trinajstić information content (AvgIpc) is 3.67. The molecule has 2 aliphatic rings. The van der Waals surface area contributed by atoms with Gasteiger partial charge in [0.05, 0.1) is 24.6 Å². The molecule has 3 aromatic rings. The lowest BCUT2D eigenvalue weighted by molar-refractivity contribution is -0.122. The molecule has 0 atom stereocenters. The molecular formula is C34H44BN4O3. The minimum atomic E-state index is 0.185. The second-order valence-electron chi connectivity index (χ2n) is 11.4. The Bertz CT molecular complexity index is 1410. The van der Waals surface area contributed by atoms with Gasteiger partial charge in [-0.2, -0.15) is 5.10 Å². The Morgan fingerprint density at radius 3 is 2.45 bits per heavy atom. The first-order chi connectivity index (χ1) is 20.3. The van der Waals surface area contributed by atoms with E-state index < -0.39 is 0 Å². The molecule has 0 amide bonds. The Morgan fingerprint density at radius 1 is 1.02 bits per heavy atom. The molecule has 2 aromatic heterocycles. The van der Waals surface area contributed by atoms with E-state index in [-0.39, 0.29) is 11.7 Å². The Morgan fingerprint density at radius 2 is 1.76 bits per heavy atom. The van der Waals surface area contributed by atoms with E-state index in [2.05, 4.69) is 49.9 Å². The Balaban J connectivity index is 0.000000392. The quantitative estimate of drug-likeness (QED) is 0.268. The van der Waals surface area contributed by atoms with Crippen LogP contribution in [0.3, 0.4) is 0 Å². The maximum atomic E-state index is 12.7. The first-order valence-electron chi connectivity index (χ1n) is 15.4. The van der Waals surface area contributed by atoms with Crippen molar-refractivity contribution < 1.29 is 14.3 Å². The number of morpholine rings is 1. The number of ketones is 2. The number of allylic oxidation sites excluding steroid dienone is 1. The maximum Gasteiger partial charge on any atom is 0.202 e.